The molecule has 2 aliphatic carbocycles. The van der Waals surface area contributed by atoms with Gasteiger partial charge in [-0.15, -0.1) is 0 Å². The molecule has 5 heteroatoms. The van der Waals surface area contributed by atoms with E-state index in [0.29, 0.717) is 17.5 Å². The number of carbonyl (C=O) groups is 3. The van der Waals surface area contributed by atoms with Gasteiger partial charge in [0.25, 0.3) is 0 Å². The Kier molecular flexibility index (Phi) is 2.49. The molecule has 1 aromatic carbocycles. The van der Waals surface area contributed by atoms with Gasteiger partial charge in [0.1, 0.15) is 0 Å². The Morgan fingerprint density at radius 3 is 2.29 bits per heavy atom. The molecule has 3 fully saturated rings. The minimum atomic E-state index is -1.06. The van der Waals surface area contributed by atoms with Crippen molar-refractivity contribution in [2.75, 3.05) is 4.90 Å². The molecule has 1 N–H and O–H groups in total. The number of anilines is 1. The van der Waals surface area contributed by atoms with Crippen LogP contribution in [-0.2, 0) is 9.59 Å². The summed E-state index contributed by atoms with van der Waals surface area (Å²) in [6.45, 7) is 0. The van der Waals surface area contributed by atoms with Gasteiger partial charge in [-0.2, -0.15) is 0 Å². The third kappa shape index (κ3) is 1.60. The van der Waals surface area contributed by atoms with Crippen molar-refractivity contribution < 1.29 is 19.5 Å². The molecule has 3 aliphatic rings. The Morgan fingerprint density at radius 2 is 1.71 bits per heavy atom. The van der Waals surface area contributed by atoms with Gasteiger partial charge in [0, 0.05) is 0 Å². The number of carbonyl (C=O) groups excluding carboxylic acids is 2. The van der Waals surface area contributed by atoms with Crippen LogP contribution in [0.1, 0.15) is 29.6 Å². The zero-order chi connectivity index (χ0) is 14.7. The van der Waals surface area contributed by atoms with E-state index in [9.17, 15) is 14.4 Å². The summed E-state index contributed by atoms with van der Waals surface area (Å²) in [5.41, 5.74) is 0.479. The maximum Gasteiger partial charge on any atom is 0.335 e. The summed E-state index contributed by atoms with van der Waals surface area (Å²) in [6.07, 6.45) is 3.07. The van der Waals surface area contributed by atoms with Crippen molar-refractivity contribution in [3.05, 3.63) is 29.8 Å². The highest BCUT2D eigenvalue weighted by atomic mass is 16.4. The molecule has 2 bridgehead atoms. The number of amides is 2. The fourth-order valence-corrected chi connectivity index (χ4v) is 4.44. The van der Waals surface area contributed by atoms with Crippen molar-refractivity contribution in [1.29, 1.82) is 0 Å². The fraction of sp³-hybridized carbons (Fsp3) is 0.438. The second kappa shape index (κ2) is 4.16. The standard InChI is InChI=1S/C16H15NO4/c18-14-12-8-4-5-9(6-8)13(12)15(19)17(14)11-3-1-2-10(7-11)16(20)21/h1-3,7-9,12-13H,4-6H2,(H,20,21)/t8-,9-,12+,13+/m0/s1. The number of benzene rings is 1. The average molecular weight is 285 g/mol. The summed E-state index contributed by atoms with van der Waals surface area (Å²) in [5.74, 6) is -1.02. The Morgan fingerprint density at radius 1 is 1.10 bits per heavy atom. The molecule has 0 radical (unpaired) electrons. The van der Waals surface area contributed by atoms with Crippen LogP contribution in [0.15, 0.2) is 24.3 Å². The van der Waals surface area contributed by atoms with Gasteiger partial charge >= 0.3 is 5.97 Å². The van der Waals surface area contributed by atoms with Gasteiger partial charge in [0.15, 0.2) is 0 Å². The van der Waals surface area contributed by atoms with Crippen LogP contribution in [-0.4, -0.2) is 22.9 Å². The summed E-state index contributed by atoms with van der Waals surface area (Å²) in [5, 5.41) is 9.05. The molecule has 21 heavy (non-hydrogen) atoms. The van der Waals surface area contributed by atoms with Crippen molar-refractivity contribution in [2.45, 2.75) is 19.3 Å². The first-order chi connectivity index (χ1) is 10.1. The lowest BCUT2D eigenvalue weighted by Crippen LogP contribution is -2.32. The molecule has 0 spiro atoms. The van der Waals surface area contributed by atoms with Gasteiger partial charge < -0.3 is 5.11 Å². The minimum Gasteiger partial charge on any atom is -0.478 e. The summed E-state index contributed by atoms with van der Waals surface area (Å²) in [4.78, 5) is 37.5. The molecule has 0 aromatic heterocycles. The minimum absolute atomic E-state index is 0.0909. The Balaban J connectivity index is 1.73. The average Bonchev–Trinajstić information content (AvgIpc) is 3.13. The maximum atomic E-state index is 12.6. The third-order valence-electron chi connectivity index (χ3n) is 5.28. The van der Waals surface area contributed by atoms with Crippen LogP contribution in [0.4, 0.5) is 5.69 Å². The number of fused-ring (bicyclic) bond motifs is 5. The highest BCUT2D eigenvalue weighted by molar-refractivity contribution is 6.22. The van der Waals surface area contributed by atoms with E-state index in [0.717, 1.165) is 19.3 Å². The van der Waals surface area contributed by atoms with Gasteiger partial charge in [-0.1, -0.05) is 6.07 Å². The molecule has 2 amide bonds. The van der Waals surface area contributed by atoms with Crippen LogP contribution in [0.25, 0.3) is 0 Å². The molecule has 1 saturated heterocycles. The zero-order valence-corrected chi connectivity index (χ0v) is 11.4. The molecule has 2 saturated carbocycles. The Bertz CT molecular complexity index is 640. The van der Waals surface area contributed by atoms with E-state index >= 15 is 0 Å². The summed E-state index contributed by atoms with van der Waals surface area (Å²) < 4.78 is 0. The topological polar surface area (TPSA) is 74.7 Å². The molecule has 4 atom stereocenters. The summed E-state index contributed by atoms with van der Waals surface area (Å²) in [6, 6.07) is 6.07. The quantitative estimate of drug-likeness (QED) is 0.842. The van der Waals surface area contributed by atoms with Gasteiger partial charge in [-0.25, -0.2) is 4.79 Å². The molecule has 1 aliphatic heterocycles. The third-order valence-corrected chi connectivity index (χ3v) is 5.28. The van der Waals surface area contributed by atoms with E-state index in [1.807, 2.05) is 0 Å². The van der Waals surface area contributed by atoms with Crippen molar-refractivity contribution in [1.82, 2.24) is 0 Å². The maximum absolute atomic E-state index is 12.6. The highest BCUT2D eigenvalue weighted by Gasteiger charge is 2.61. The molecular weight excluding hydrogens is 270 g/mol. The van der Waals surface area contributed by atoms with E-state index in [-0.39, 0.29) is 29.2 Å². The highest BCUT2D eigenvalue weighted by Crippen LogP contribution is 2.56. The van der Waals surface area contributed by atoms with Gasteiger partial charge in [-0.3, -0.25) is 14.5 Å². The number of rotatable bonds is 2. The summed E-state index contributed by atoms with van der Waals surface area (Å²) in [7, 11) is 0. The van der Waals surface area contributed by atoms with Gasteiger partial charge in [0.05, 0.1) is 23.1 Å². The fourth-order valence-electron chi connectivity index (χ4n) is 4.44. The summed E-state index contributed by atoms with van der Waals surface area (Å²) >= 11 is 0. The van der Waals surface area contributed by atoms with Gasteiger partial charge in [-0.05, 0) is 49.3 Å². The van der Waals surface area contributed by atoms with Crippen LogP contribution in [0.5, 0.6) is 0 Å². The number of carboxylic acids is 1. The number of nitrogens with zero attached hydrogens (tertiary/aromatic N) is 1. The first kappa shape index (κ1) is 12.6. The lowest BCUT2D eigenvalue weighted by molar-refractivity contribution is -0.123. The zero-order valence-electron chi connectivity index (χ0n) is 11.4. The molecular formula is C16H15NO4. The predicted molar refractivity (Wildman–Crippen MR) is 73.7 cm³/mol. The second-order valence-corrected chi connectivity index (χ2v) is 6.25. The van der Waals surface area contributed by atoms with Crippen molar-refractivity contribution in [2.24, 2.45) is 23.7 Å². The van der Waals surface area contributed by atoms with E-state index in [1.54, 1.807) is 12.1 Å². The molecule has 0 unspecified atom stereocenters. The second-order valence-electron chi connectivity index (χ2n) is 6.25. The normalized spacial score (nSPS) is 33.6. The van der Waals surface area contributed by atoms with E-state index in [1.165, 1.54) is 17.0 Å². The van der Waals surface area contributed by atoms with Crippen molar-refractivity contribution >= 4 is 23.5 Å². The molecule has 4 rings (SSSR count). The Hall–Kier alpha value is -2.17. The first-order valence-electron chi connectivity index (χ1n) is 7.29. The number of imide groups is 1. The van der Waals surface area contributed by atoms with Crippen LogP contribution in [0.3, 0.4) is 0 Å². The number of hydrogen-bond acceptors (Lipinski definition) is 3. The van der Waals surface area contributed by atoms with Crippen LogP contribution in [0, 0.1) is 23.7 Å². The first-order valence-corrected chi connectivity index (χ1v) is 7.29. The lowest BCUT2D eigenvalue weighted by atomic mass is 9.81. The molecule has 5 nitrogen and oxygen atoms in total. The number of carboxylic acid groups (broad SMARTS) is 1. The largest absolute Gasteiger partial charge is 0.478 e. The smallest absolute Gasteiger partial charge is 0.335 e. The van der Waals surface area contributed by atoms with E-state index in [4.69, 9.17) is 5.11 Å². The van der Waals surface area contributed by atoms with Crippen molar-refractivity contribution in [3.8, 4) is 0 Å². The monoisotopic (exact) mass is 285 g/mol. The van der Waals surface area contributed by atoms with E-state index in [2.05, 4.69) is 0 Å². The SMILES string of the molecule is O=C(O)c1cccc(N2C(=O)[C@@H]3[C@H]4CC[C@@H](C4)[C@H]3C2=O)c1. The van der Waals surface area contributed by atoms with Crippen LogP contribution in [0.2, 0.25) is 0 Å². The van der Waals surface area contributed by atoms with Crippen LogP contribution >= 0.6 is 0 Å². The number of hydrogen-bond donors (Lipinski definition) is 1. The van der Waals surface area contributed by atoms with Crippen molar-refractivity contribution in [3.63, 3.8) is 0 Å². The molecule has 1 aromatic rings. The molecule has 108 valence electrons. The van der Waals surface area contributed by atoms with E-state index < -0.39 is 5.97 Å². The number of aromatic carboxylic acids is 1. The molecule has 1 heterocycles. The van der Waals surface area contributed by atoms with Gasteiger partial charge in [0.2, 0.25) is 11.8 Å². The van der Waals surface area contributed by atoms with Crippen LogP contribution < -0.4 is 4.90 Å². The predicted octanol–water partition coefficient (Wildman–Crippen LogP) is 1.92. The lowest BCUT2D eigenvalue weighted by Gasteiger charge is -2.19. The Labute approximate surface area is 121 Å².